The molecule has 0 radical (unpaired) electrons. The number of methoxy groups -OCH3 is 2. The normalized spacial score (nSPS) is 11.2. The molecule has 0 aliphatic carbocycles. The highest BCUT2D eigenvalue weighted by atomic mass is 16.5. The summed E-state index contributed by atoms with van der Waals surface area (Å²) in [5.74, 6) is 1.93. The lowest BCUT2D eigenvalue weighted by Crippen LogP contribution is -2.21. The first kappa shape index (κ1) is 25.0. The van der Waals surface area contributed by atoms with E-state index in [0.29, 0.717) is 39.6 Å². The van der Waals surface area contributed by atoms with Crippen LogP contribution in [-0.4, -0.2) is 34.5 Å². The van der Waals surface area contributed by atoms with Crippen molar-refractivity contribution in [3.63, 3.8) is 0 Å². The molecule has 5 aromatic rings. The second-order valence-electron chi connectivity index (χ2n) is 9.11. The molecule has 0 unspecified atom stereocenters. The predicted molar refractivity (Wildman–Crippen MR) is 146 cm³/mol. The van der Waals surface area contributed by atoms with E-state index in [2.05, 4.69) is 9.97 Å². The molecule has 0 bridgehead atoms. The molecule has 3 heterocycles. The first-order valence-electron chi connectivity index (χ1n) is 12.2. The van der Waals surface area contributed by atoms with Gasteiger partial charge < -0.3 is 18.8 Å². The Morgan fingerprint density at radius 1 is 0.921 bits per heavy atom. The van der Waals surface area contributed by atoms with Gasteiger partial charge in [0.05, 0.1) is 43.4 Å². The second-order valence-corrected chi connectivity index (χ2v) is 9.11. The Kier molecular flexibility index (Phi) is 6.79. The molecule has 0 amide bonds. The summed E-state index contributed by atoms with van der Waals surface area (Å²) < 4.78 is 18.8. The zero-order valence-corrected chi connectivity index (χ0v) is 21.6. The first-order valence-corrected chi connectivity index (χ1v) is 12.2. The SMILES string of the molecule is COc1cc2nccc(Oc3ccc(CC(=O)c4cn(C(C)C)c5ccccc5c4=O)nc3)c2cc1OC. The van der Waals surface area contributed by atoms with Crippen molar-refractivity contribution >= 4 is 27.6 Å². The maximum atomic E-state index is 13.2. The van der Waals surface area contributed by atoms with Crippen LogP contribution in [0.25, 0.3) is 21.8 Å². The van der Waals surface area contributed by atoms with Crippen LogP contribution in [0.15, 0.2) is 78.0 Å². The maximum absolute atomic E-state index is 13.2. The summed E-state index contributed by atoms with van der Waals surface area (Å²) in [7, 11) is 3.14. The molecule has 0 N–H and O–H groups in total. The van der Waals surface area contributed by atoms with Gasteiger partial charge in [0.1, 0.15) is 11.5 Å². The van der Waals surface area contributed by atoms with Gasteiger partial charge >= 0.3 is 0 Å². The van der Waals surface area contributed by atoms with E-state index in [9.17, 15) is 9.59 Å². The van der Waals surface area contributed by atoms with Crippen LogP contribution in [0.3, 0.4) is 0 Å². The third-order valence-corrected chi connectivity index (χ3v) is 6.37. The van der Waals surface area contributed by atoms with Gasteiger partial charge in [-0.3, -0.25) is 19.6 Å². The smallest absolute Gasteiger partial charge is 0.200 e. The molecule has 5 rings (SSSR count). The van der Waals surface area contributed by atoms with Gasteiger partial charge in [-0.2, -0.15) is 0 Å². The molecule has 0 fully saturated rings. The van der Waals surface area contributed by atoms with Crippen LogP contribution in [0.1, 0.15) is 35.9 Å². The minimum absolute atomic E-state index is 0.00113. The monoisotopic (exact) mass is 509 g/mol. The summed E-state index contributed by atoms with van der Waals surface area (Å²) in [5, 5.41) is 1.28. The lowest BCUT2D eigenvalue weighted by atomic mass is 10.0. The van der Waals surface area contributed by atoms with Gasteiger partial charge in [0, 0.05) is 41.0 Å². The molecule has 0 saturated carbocycles. The molecule has 2 aromatic carbocycles. The lowest BCUT2D eigenvalue weighted by molar-refractivity contribution is 0.0990. The molecule has 0 saturated heterocycles. The van der Waals surface area contributed by atoms with Gasteiger partial charge in [0.15, 0.2) is 22.7 Å². The highest BCUT2D eigenvalue weighted by Crippen LogP contribution is 2.36. The average molecular weight is 510 g/mol. The molecule has 0 spiro atoms. The van der Waals surface area contributed by atoms with Crippen molar-refractivity contribution in [2.75, 3.05) is 14.2 Å². The number of carbonyl (C=O) groups excluding carboxylic acids is 1. The fourth-order valence-electron chi connectivity index (χ4n) is 4.43. The minimum Gasteiger partial charge on any atom is -0.493 e. The highest BCUT2D eigenvalue weighted by Gasteiger charge is 2.18. The average Bonchev–Trinajstić information content (AvgIpc) is 2.93. The van der Waals surface area contributed by atoms with Gasteiger partial charge in [0.2, 0.25) is 0 Å². The zero-order valence-electron chi connectivity index (χ0n) is 21.6. The van der Waals surface area contributed by atoms with Crippen LogP contribution in [0.5, 0.6) is 23.0 Å². The molecular formula is C30H27N3O5. The largest absolute Gasteiger partial charge is 0.493 e. The molecule has 8 nitrogen and oxygen atoms in total. The molecule has 0 aliphatic heterocycles. The molecule has 192 valence electrons. The van der Waals surface area contributed by atoms with Gasteiger partial charge in [-0.1, -0.05) is 12.1 Å². The van der Waals surface area contributed by atoms with Crippen LogP contribution in [-0.2, 0) is 6.42 Å². The van der Waals surface area contributed by atoms with Gasteiger partial charge in [-0.25, -0.2) is 0 Å². The summed E-state index contributed by atoms with van der Waals surface area (Å²) in [6.45, 7) is 4.04. The number of benzene rings is 2. The number of Topliss-reactive ketones (excluding diaryl/α,β-unsaturated/α-hetero) is 1. The molecule has 0 aliphatic rings. The third-order valence-electron chi connectivity index (χ3n) is 6.37. The van der Waals surface area contributed by atoms with Crippen LogP contribution >= 0.6 is 0 Å². The van der Waals surface area contributed by atoms with E-state index in [0.717, 1.165) is 10.9 Å². The standard InChI is InChI=1S/C30H27N3O5/c1-18(2)33-17-23(30(35)21-7-5-6-8-25(21)33)26(34)13-19-9-10-20(16-32-19)38-27-11-12-31-24-15-29(37-4)28(36-3)14-22(24)27/h5-12,14-18H,13H2,1-4H3. The van der Waals surface area contributed by atoms with E-state index in [4.69, 9.17) is 14.2 Å². The Hall–Kier alpha value is -4.72. The van der Waals surface area contributed by atoms with E-state index >= 15 is 0 Å². The van der Waals surface area contributed by atoms with Crippen LogP contribution in [0, 0.1) is 0 Å². The van der Waals surface area contributed by atoms with Crippen LogP contribution < -0.4 is 19.6 Å². The van der Waals surface area contributed by atoms with Crippen molar-refractivity contribution < 1.29 is 19.0 Å². The number of para-hydroxylation sites is 1. The number of aromatic nitrogens is 3. The van der Waals surface area contributed by atoms with Crippen LogP contribution in [0.4, 0.5) is 0 Å². The fraction of sp³-hybridized carbons (Fsp3) is 0.200. The second kappa shape index (κ2) is 10.3. The van der Waals surface area contributed by atoms with Crippen molar-refractivity contribution in [1.82, 2.24) is 14.5 Å². The Balaban J connectivity index is 1.39. The maximum Gasteiger partial charge on any atom is 0.200 e. The molecule has 38 heavy (non-hydrogen) atoms. The van der Waals surface area contributed by atoms with E-state index in [1.165, 1.54) is 0 Å². The van der Waals surface area contributed by atoms with Gasteiger partial charge in [-0.15, -0.1) is 0 Å². The summed E-state index contributed by atoms with van der Waals surface area (Å²) in [6, 6.07) is 16.3. The number of pyridine rings is 3. The number of hydrogen-bond donors (Lipinski definition) is 0. The molecule has 3 aromatic heterocycles. The number of ether oxygens (including phenoxy) is 3. The summed E-state index contributed by atoms with van der Waals surface area (Å²) in [4.78, 5) is 35.1. The Morgan fingerprint density at radius 3 is 2.39 bits per heavy atom. The summed E-state index contributed by atoms with van der Waals surface area (Å²) in [5.41, 5.74) is 1.93. The van der Waals surface area contributed by atoms with Crippen molar-refractivity contribution in [1.29, 1.82) is 0 Å². The van der Waals surface area contributed by atoms with E-state index in [-0.39, 0.29) is 29.2 Å². The number of ketones is 1. The van der Waals surface area contributed by atoms with Crippen molar-refractivity contribution in [2.45, 2.75) is 26.3 Å². The zero-order chi connectivity index (χ0) is 26.8. The Bertz CT molecular complexity index is 1710. The van der Waals surface area contributed by atoms with Gasteiger partial charge in [-0.05, 0) is 50.2 Å². The van der Waals surface area contributed by atoms with Crippen molar-refractivity contribution in [3.05, 3.63) is 94.7 Å². The Labute approximate surface area is 219 Å². The van der Waals surface area contributed by atoms with Crippen molar-refractivity contribution in [3.8, 4) is 23.0 Å². The predicted octanol–water partition coefficient (Wildman–Crippen LogP) is 5.76. The quantitative estimate of drug-likeness (QED) is 0.246. The third kappa shape index (κ3) is 4.68. The number of hydrogen-bond acceptors (Lipinski definition) is 7. The van der Waals surface area contributed by atoms with E-state index in [1.54, 1.807) is 63.1 Å². The van der Waals surface area contributed by atoms with E-state index < -0.39 is 0 Å². The Morgan fingerprint density at radius 2 is 1.68 bits per heavy atom. The summed E-state index contributed by atoms with van der Waals surface area (Å²) in [6.07, 6.45) is 4.87. The van der Waals surface area contributed by atoms with E-state index in [1.807, 2.05) is 42.7 Å². The molecular weight excluding hydrogens is 482 g/mol. The lowest BCUT2D eigenvalue weighted by Gasteiger charge is -2.16. The summed E-state index contributed by atoms with van der Waals surface area (Å²) >= 11 is 0. The van der Waals surface area contributed by atoms with Gasteiger partial charge in [0.25, 0.3) is 0 Å². The number of carbonyl (C=O) groups is 1. The number of fused-ring (bicyclic) bond motifs is 2. The number of rotatable bonds is 8. The minimum atomic E-state index is -0.280. The van der Waals surface area contributed by atoms with Crippen LogP contribution in [0.2, 0.25) is 0 Å². The fourth-order valence-corrected chi connectivity index (χ4v) is 4.43. The van der Waals surface area contributed by atoms with Crippen molar-refractivity contribution in [2.24, 2.45) is 0 Å². The topological polar surface area (TPSA) is 92.5 Å². The highest BCUT2D eigenvalue weighted by molar-refractivity contribution is 5.99. The molecule has 8 heteroatoms. The number of nitrogens with zero attached hydrogens (tertiary/aromatic N) is 3. The molecule has 0 atom stereocenters. The first-order chi connectivity index (χ1) is 18.4.